The average molecular weight is 257 g/mol. The Hall–Kier alpha value is -1.14. The number of nitrogens with zero attached hydrogens (tertiary/aromatic N) is 2. The summed E-state index contributed by atoms with van der Waals surface area (Å²) in [6.45, 7) is 1.51. The van der Waals surface area contributed by atoms with Gasteiger partial charge < -0.3 is 20.6 Å². The summed E-state index contributed by atoms with van der Waals surface area (Å²) in [5.74, 6) is -1.03. The van der Waals surface area contributed by atoms with E-state index in [2.05, 4.69) is 4.90 Å². The lowest BCUT2D eigenvalue weighted by Gasteiger charge is -2.35. The summed E-state index contributed by atoms with van der Waals surface area (Å²) in [4.78, 5) is 26.4. The van der Waals surface area contributed by atoms with Crippen LogP contribution < -0.4 is 5.73 Å². The molecule has 0 aliphatic carbocycles. The number of piperidine rings is 1. The molecule has 1 aliphatic heterocycles. The Labute approximate surface area is 108 Å². The lowest BCUT2D eigenvalue weighted by Crippen LogP contribution is -2.44. The Balaban J connectivity index is 2.30. The fraction of sp³-hybridized carbons (Fsp3) is 0.833. The average Bonchev–Trinajstić information content (AvgIpc) is 2.35. The van der Waals surface area contributed by atoms with Gasteiger partial charge in [0.05, 0.1) is 0 Å². The van der Waals surface area contributed by atoms with Crippen molar-refractivity contribution in [3.8, 4) is 0 Å². The van der Waals surface area contributed by atoms with E-state index in [9.17, 15) is 9.59 Å². The van der Waals surface area contributed by atoms with Crippen molar-refractivity contribution in [1.29, 1.82) is 0 Å². The molecule has 0 radical (unpaired) electrons. The number of carbonyl (C=O) groups excluding carboxylic acids is 1. The van der Waals surface area contributed by atoms with E-state index in [-0.39, 0.29) is 18.7 Å². The number of likely N-dealkylation sites (tertiary alicyclic amines) is 1. The van der Waals surface area contributed by atoms with Crippen molar-refractivity contribution in [1.82, 2.24) is 9.80 Å². The Morgan fingerprint density at radius 2 is 1.94 bits per heavy atom. The Bertz CT molecular complexity index is 299. The molecule has 18 heavy (non-hydrogen) atoms. The van der Waals surface area contributed by atoms with Crippen LogP contribution in [0.5, 0.6) is 0 Å². The highest BCUT2D eigenvalue weighted by Crippen LogP contribution is 2.15. The van der Waals surface area contributed by atoms with E-state index >= 15 is 0 Å². The van der Waals surface area contributed by atoms with E-state index in [0.29, 0.717) is 6.04 Å². The van der Waals surface area contributed by atoms with Gasteiger partial charge in [-0.2, -0.15) is 0 Å². The second-order valence-corrected chi connectivity index (χ2v) is 5.06. The van der Waals surface area contributed by atoms with Crippen molar-refractivity contribution >= 4 is 11.9 Å². The number of hydrogen-bond donors (Lipinski definition) is 2. The minimum absolute atomic E-state index is 0.0175. The van der Waals surface area contributed by atoms with Crippen molar-refractivity contribution in [2.45, 2.75) is 37.8 Å². The molecule has 1 saturated heterocycles. The van der Waals surface area contributed by atoms with Crippen molar-refractivity contribution < 1.29 is 14.7 Å². The molecule has 1 atom stereocenters. The zero-order valence-electron chi connectivity index (χ0n) is 11.1. The predicted molar refractivity (Wildman–Crippen MR) is 68.1 cm³/mol. The number of aliphatic carboxylic acids is 1. The first kappa shape index (κ1) is 14.9. The molecule has 0 aromatic rings. The van der Waals surface area contributed by atoms with Crippen LogP contribution in [-0.2, 0) is 9.59 Å². The third-order valence-corrected chi connectivity index (χ3v) is 3.53. The summed E-state index contributed by atoms with van der Waals surface area (Å²) in [7, 11) is 4.10. The van der Waals surface area contributed by atoms with Crippen LogP contribution in [0.4, 0.5) is 0 Å². The van der Waals surface area contributed by atoms with Gasteiger partial charge in [-0.15, -0.1) is 0 Å². The highest BCUT2D eigenvalue weighted by atomic mass is 16.4. The molecular weight excluding hydrogens is 234 g/mol. The molecule has 1 rings (SSSR count). The van der Waals surface area contributed by atoms with Crippen molar-refractivity contribution in [3.05, 3.63) is 0 Å². The topological polar surface area (TPSA) is 86.9 Å². The number of hydrogen-bond acceptors (Lipinski definition) is 4. The van der Waals surface area contributed by atoms with Gasteiger partial charge in [0.15, 0.2) is 0 Å². The predicted octanol–water partition coefficient (Wildman–Crippen LogP) is -0.269. The Kier molecular flexibility index (Phi) is 5.55. The molecule has 0 aromatic heterocycles. The van der Waals surface area contributed by atoms with Crippen LogP contribution in [0.2, 0.25) is 0 Å². The molecule has 1 fully saturated rings. The van der Waals surface area contributed by atoms with E-state index in [4.69, 9.17) is 10.8 Å². The minimum Gasteiger partial charge on any atom is -0.480 e. The van der Waals surface area contributed by atoms with E-state index in [0.717, 1.165) is 25.9 Å². The van der Waals surface area contributed by atoms with Crippen molar-refractivity contribution in [2.75, 3.05) is 27.2 Å². The first-order valence-electron chi connectivity index (χ1n) is 6.34. The molecule has 1 amide bonds. The number of carboxylic acids is 1. The molecule has 0 bridgehead atoms. The maximum atomic E-state index is 11.9. The molecule has 0 aromatic carbocycles. The zero-order valence-corrected chi connectivity index (χ0v) is 11.1. The standard InChI is InChI=1S/C12H23N3O3/c1-14(2)9-5-7-15(8-6-9)11(16)4-3-10(13)12(17)18/h9-10H,3-8,13H2,1-2H3,(H,17,18)/t10-/m0/s1. The van der Waals surface area contributed by atoms with E-state index in [1.165, 1.54) is 0 Å². The van der Waals surface area contributed by atoms with Gasteiger partial charge in [0, 0.05) is 25.6 Å². The number of carbonyl (C=O) groups is 2. The number of nitrogens with two attached hydrogens (primary N) is 1. The third kappa shape index (κ3) is 4.27. The van der Waals surface area contributed by atoms with Crippen LogP contribution in [-0.4, -0.2) is 66.1 Å². The largest absolute Gasteiger partial charge is 0.480 e. The van der Waals surface area contributed by atoms with Gasteiger partial charge in [-0.1, -0.05) is 0 Å². The van der Waals surface area contributed by atoms with Crippen LogP contribution in [0.25, 0.3) is 0 Å². The second-order valence-electron chi connectivity index (χ2n) is 5.06. The summed E-state index contributed by atoms with van der Waals surface area (Å²) in [5, 5.41) is 8.65. The fourth-order valence-electron chi connectivity index (χ4n) is 2.19. The minimum atomic E-state index is -1.05. The number of amides is 1. The monoisotopic (exact) mass is 257 g/mol. The Morgan fingerprint density at radius 1 is 1.39 bits per heavy atom. The summed E-state index contributed by atoms with van der Waals surface area (Å²) in [6.07, 6.45) is 2.38. The quantitative estimate of drug-likeness (QED) is 0.708. The van der Waals surface area contributed by atoms with Gasteiger partial charge in [0.1, 0.15) is 6.04 Å². The molecule has 1 aliphatic rings. The van der Waals surface area contributed by atoms with Gasteiger partial charge in [-0.3, -0.25) is 9.59 Å². The van der Waals surface area contributed by atoms with Gasteiger partial charge in [-0.05, 0) is 33.4 Å². The molecule has 0 spiro atoms. The van der Waals surface area contributed by atoms with Gasteiger partial charge >= 0.3 is 5.97 Å². The normalized spacial score (nSPS) is 19.0. The third-order valence-electron chi connectivity index (χ3n) is 3.53. The lowest BCUT2D eigenvalue weighted by molar-refractivity contribution is -0.139. The molecule has 1 heterocycles. The summed E-state index contributed by atoms with van der Waals surface area (Å²) < 4.78 is 0. The van der Waals surface area contributed by atoms with E-state index < -0.39 is 12.0 Å². The lowest BCUT2D eigenvalue weighted by atomic mass is 10.0. The molecule has 104 valence electrons. The molecule has 3 N–H and O–H groups in total. The van der Waals surface area contributed by atoms with Gasteiger partial charge in [-0.25, -0.2) is 0 Å². The number of rotatable bonds is 5. The molecular formula is C12H23N3O3. The van der Waals surface area contributed by atoms with Crippen molar-refractivity contribution in [3.63, 3.8) is 0 Å². The molecule has 0 unspecified atom stereocenters. The first-order chi connectivity index (χ1) is 8.41. The van der Waals surface area contributed by atoms with Crippen LogP contribution in [0.1, 0.15) is 25.7 Å². The fourth-order valence-corrected chi connectivity index (χ4v) is 2.19. The summed E-state index contributed by atoms with van der Waals surface area (Å²) >= 11 is 0. The van der Waals surface area contributed by atoms with Crippen LogP contribution in [0.3, 0.4) is 0 Å². The summed E-state index contributed by atoms with van der Waals surface area (Å²) in [5.41, 5.74) is 5.38. The highest BCUT2D eigenvalue weighted by molar-refractivity contribution is 5.78. The van der Waals surface area contributed by atoms with Crippen LogP contribution in [0, 0.1) is 0 Å². The van der Waals surface area contributed by atoms with Gasteiger partial charge in [0.2, 0.25) is 5.91 Å². The van der Waals surface area contributed by atoms with Gasteiger partial charge in [0.25, 0.3) is 0 Å². The molecule has 6 nitrogen and oxygen atoms in total. The number of carboxylic acid groups (broad SMARTS) is 1. The van der Waals surface area contributed by atoms with Crippen LogP contribution in [0.15, 0.2) is 0 Å². The highest BCUT2D eigenvalue weighted by Gasteiger charge is 2.24. The zero-order chi connectivity index (χ0) is 13.7. The molecule has 0 saturated carbocycles. The smallest absolute Gasteiger partial charge is 0.320 e. The second kappa shape index (κ2) is 6.70. The molecule has 6 heteroatoms. The maximum absolute atomic E-state index is 11.9. The maximum Gasteiger partial charge on any atom is 0.320 e. The SMILES string of the molecule is CN(C)C1CCN(C(=O)CC[C@H](N)C(=O)O)CC1. The van der Waals surface area contributed by atoms with Crippen LogP contribution >= 0.6 is 0 Å². The Morgan fingerprint density at radius 3 is 2.39 bits per heavy atom. The summed E-state index contributed by atoms with van der Waals surface area (Å²) in [6, 6.07) is -0.399. The van der Waals surface area contributed by atoms with E-state index in [1.54, 1.807) is 0 Å². The first-order valence-corrected chi connectivity index (χ1v) is 6.34. The van der Waals surface area contributed by atoms with Crippen molar-refractivity contribution in [2.24, 2.45) is 5.73 Å². The van der Waals surface area contributed by atoms with E-state index in [1.807, 2.05) is 19.0 Å².